The van der Waals surface area contributed by atoms with E-state index in [0.29, 0.717) is 0 Å². The molecule has 1 rings (SSSR count). The van der Waals surface area contributed by atoms with E-state index in [1.165, 1.54) is 12.1 Å². The van der Waals surface area contributed by atoms with Gasteiger partial charge in [-0.15, -0.1) is 0 Å². The molecule has 23 heavy (non-hydrogen) atoms. The minimum atomic E-state index is -1.11. The molecule has 0 atom stereocenters. The number of aliphatic hydroxyl groups is 1. The monoisotopic (exact) mass is 328 g/mol. The summed E-state index contributed by atoms with van der Waals surface area (Å²) in [7, 11) is 6.04. The van der Waals surface area contributed by atoms with Crippen LogP contribution >= 0.6 is 0 Å². The van der Waals surface area contributed by atoms with Gasteiger partial charge in [-0.05, 0) is 33.3 Å². The SMILES string of the molecule is CN(C)CCOCCN(C)CCO.O=C(O)c1ccccc1O. The first-order valence-electron chi connectivity index (χ1n) is 7.41. The summed E-state index contributed by atoms with van der Waals surface area (Å²) in [6, 6.07) is 5.81. The van der Waals surface area contributed by atoms with Gasteiger partial charge in [-0.3, -0.25) is 0 Å². The largest absolute Gasteiger partial charge is 0.507 e. The predicted octanol–water partition coefficient (Wildman–Crippen LogP) is 0.579. The lowest BCUT2D eigenvalue weighted by Crippen LogP contribution is -2.27. The van der Waals surface area contributed by atoms with Gasteiger partial charge in [-0.2, -0.15) is 0 Å². The van der Waals surface area contributed by atoms with Crippen LogP contribution in [0.1, 0.15) is 10.4 Å². The average molecular weight is 328 g/mol. The summed E-state index contributed by atoms with van der Waals surface area (Å²) in [6.07, 6.45) is 0. The van der Waals surface area contributed by atoms with Crippen molar-refractivity contribution < 1.29 is 24.9 Å². The molecule has 0 saturated carbocycles. The standard InChI is InChI=1S/C9H22N2O2.C7H6O3/c1-10(2)5-8-13-9-6-11(3)4-7-12;8-6-4-2-1-3-5(6)7(9)10/h12H,4-9H2,1-3H3;1-4,8H,(H,9,10). The molecule has 0 radical (unpaired) electrons. The molecule has 0 heterocycles. The number of nitrogens with zero attached hydrogens (tertiary/aromatic N) is 2. The van der Waals surface area contributed by atoms with Crippen molar-refractivity contribution in [2.45, 2.75) is 0 Å². The Morgan fingerprint density at radius 3 is 2.17 bits per heavy atom. The Kier molecular flexibility index (Phi) is 11.9. The van der Waals surface area contributed by atoms with Crippen molar-refractivity contribution in [3.63, 3.8) is 0 Å². The molecule has 0 aliphatic carbocycles. The van der Waals surface area contributed by atoms with Crippen LogP contribution in [0.5, 0.6) is 5.75 Å². The van der Waals surface area contributed by atoms with E-state index in [1.807, 2.05) is 21.1 Å². The molecule has 0 aliphatic heterocycles. The summed E-state index contributed by atoms with van der Waals surface area (Å²) in [5.41, 5.74) is -0.0671. The minimum Gasteiger partial charge on any atom is -0.507 e. The second-order valence-electron chi connectivity index (χ2n) is 5.26. The first-order valence-corrected chi connectivity index (χ1v) is 7.41. The third-order valence-electron chi connectivity index (χ3n) is 2.92. The zero-order valence-electron chi connectivity index (χ0n) is 14.1. The van der Waals surface area contributed by atoms with Crippen LogP contribution < -0.4 is 0 Å². The number of phenols is 1. The molecule has 1 aromatic carbocycles. The van der Waals surface area contributed by atoms with Crippen LogP contribution in [0.15, 0.2) is 24.3 Å². The number of likely N-dealkylation sites (N-methyl/N-ethyl adjacent to an activating group) is 2. The van der Waals surface area contributed by atoms with Gasteiger partial charge >= 0.3 is 5.97 Å². The van der Waals surface area contributed by atoms with Gasteiger partial charge in [0.15, 0.2) is 0 Å². The third kappa shape index (κ3) is 11.5. The number of carboxylic acid groups (broad SMARTS) is 1. The lowest BCUT2D eigenvalue weighted by molar-refractivity contribution is 0.0693. The normalized spacial score (nSPS) is 10.5. The smallest absolute Gasteiger partial charge is 0.339 e. The van der Waals surface area contributed by atoms with Crippen LogP contribution in [0, 0.1) is 0 Å². The van der Waals surface area contributed by atoms with Crippen molar-refractivity contribution in [3.8, 4) is 5.75 Å². The summed E-state index contributed by atoms with van der Waals surface area (Å²) in [5, 5.41) is 25.9. The van der Waals surface area contributed by atoms with E-state index in [0.717, 1.165) is 32.8 Å². The lowest BCUT2D eigenvalue weighted by Gasteiger charge is -2.15. The number of aliphatic hydroxyl groups excluding tert-OH is 1. The quantitative estimate of drug-likeness (QED) is 0.571. The molecule has 0 unspecified atom stereocenters. The number of rotatable bonds is 9. The summed E-state index contributed by atoms with van der Waals surface area (Å²) in [4.78, 5) is 14.4. The number of ether oxygens (including phenoxy) is 1. The number of carbonyl (C=O) groups is 1. The molecule has 0 fully saturated rings. The topological polar surface area (TPSA) is 93.5 Å². The fourth-order valence-electron chi connectivity index (χ4n) is 1.51. The number of carboxylic acids is 1. The zero-order valence-corrected chi connectivity index (χ0v) is 14.1. The van der Waals surface area contributed by atoms with Gasteiger partial charge in [-0.25, -0.2) is 4.79 Å². The van der Waals surface area contributed by atoms with Gasteiger partial charge in [0.25, 0.3) is 0 Å². The predicted molar refractivity (Wildman–Crippen MR) is 89.0 cm³/mol. The second kappa shape index (κ2) is 12.8. The molecular formula is C16H28N2O5. The molecule has 0 aromatic heterocycles. The number of hydrogen-bond donors (Lipinski definition) is 3. The summed E-state index contributed by atoms with van der Waals surface area (Å²) >= 11 is 0. The molecule has 0 bridgehead atoms. The number of benzene rings is 1. The first kappa shape index (κ1) is 21.3. The molecular weight excluding hydrogens is 300 g/mol. The van der Waals surface area contributed by atoms with Gasteiger partial charge in [0.2, 0.25) is 0 Å². The number of hydrogen-bond acceptors (Lipinski definition) is 6. The van der Waals surface area contributed by atoms with E-state index in [4.69, 9.17) is 20.1 Å². The van der Waals surface area contributed by atoms with Gasteiger partial charge in [0, 0.05) is 19.6 Å². The average Bonchev–Trinajstić information content (AvgIpc) is 2.47. The Hall–Kier alpha value is -1.67. The maximum atomic E-state index is 10.3. The van der Waals surface area contributed by atoms with Crippen LogP contribution in [0.3, 0.4) is 0 Å². The lowest BCUT2D eigenvalue weighted by atomic mass is 10.2. The van der Waals surface area contributed by atoms with E-state index in [1.54, 1.807) is 12.1 Å². The molecule has 0 saturated heterocycles. The Bertz CT molecular complexity index is 440. The van der Waals surface area contributed by atoms with E-state index >= 15 is 0 Å². The highest BCUT2D eigenvalue weighted by molar-refractivity contribution is 5.90. The van der Waals surface area contributed by atoms with Gasteiger partial charge in [-0.1, -0.05) is 12.1 Å². The first-order chi connectivity index (χ1) is 10.9. The third-order valence-corrected chi connectivity index (χ3v) is 2.92. The van der Waals surface area contributed by atoms with Crippen LogP contribution in [-0.2, 0) is 4.74 Å². The van der Waals surface area contributed by atoms with Crippen molar-refractivity contribution in [3.05, 3.63) is 29.8 Å². The number of aromatic carboxylic acids is 1. The second-order valence-corrected chi connectivity index (χ2v) is 5.26. The summed E-state index contributed by atoms with van der Waals surface area (Å²) in [6.45, 7) is 4.30. The highest BCUT2D eigenvalue weighted by atomic mass is 16.5. The maximum absolute atomic E-state index is 10.3. The zero-order chi connectivity index (χ0) is 17.7. The van der Waals surface area contributed by atoms with Crippen LogP contribution in [0.2, 0.25) is 0 Å². The Labute approximate surface area is 137 Å². The van der Waals surface area contributed by atoms with Gasteiger partial charge in [0.05, 0.1) is 19.8 Å². The number of para-hydroxylation sites is 1. The van der Waals surface area contributed by atoms with E-state index in [-0.39, 0.29) is 17.9 Å². The highest BCUT2D eigenvalue weighted by Gasteiger charge is 2.05. The fourth-order valence-corrected chi connectivity index (χ4v) is 1.51. The molecule has 0 amide bonds. The maximum Gasteiger partial charge on any atom is 0.339 e. The van der Waals surface area contributed by atoms with E-state index < -0.39 is 5.97 Å². The van der Waals surface area contributed by atoms with Crippen LogP contribution in [0.25, 0.3) is 0 Å². The van der Waals surface area contributed by atoms with Crippen molar-refractivity contribution in [2.24, 2.45) is 0 Å². The Balaban J connectivity index is 0.000000433. The highest BCUT2D eigenvalue weighted by Crippen LogP contribution is 2.14. The molecule has 7 heteroatoms. The van der Waals surface area contributed by atoms with Crippen LogP contribution in [-0.4, -0.2) is 91.7 Å². The molecule has 0 spiro atoms. The van der Waals surface area contributed by atoms with Gasteiger partial charge in [0.1, 0.15) is 11.3 Å². The minimum absolute atomic E-state index is 0.0671. The molecule has 7 nitrogen and oxygen atoms in total. The summed E-state index contributed by atoms with van der Waals surface area (Å²) in [5.74, 6) is -1.31. The van der Waals surface area contributed by atoms with Crippen molar-refractivity contribution in [1.82, 2.24) is 9.80 Å². The van der Waals surface area contributed by atoms with E-state index in [2.05, 4.69) is 9.80 Å². The van der Waals surface area contributed by atoms with Gasteiger partial charge < -0.3 is 29.9 Å². The molecule has 0 aliphatic rings. The Morgan fingerprint density at radius 2 is 1.70 bits per heavy atom. The Morgan fingerprint density at radius 1 is 1.09 bits per heavy atom. The van der Waals surface area contributed by atoms with Crippen molar-refractivity contribution in [1.29, 1.82) is 0 Å². The molecule has 3 N–H and O–H groups in total. The molecule has 132 valence electrons. The van der Waals surface area contributed by atoms with Crippen molar-refractivity contribution >= 4 is 5.97 Å². The number of aromatic hydroxyl groups is 1. The van der Waals surface area contributed by atoms with E-state index in [9.17, 15) is 4.79 Å². The van der Waals surface area contributed by atoms with Crippen LogP contribution in [0.4, 0.5) is 0 Å². The van der Waals surface area contributed by atoms with Crippen molar-refractivity contribution in [2.75, 3.05) is 60.6 Å². The summed E-state index contributed by atoms with van der Waals surface area (Å²) < 4.78 is 5.40. The molecule has 1 aromatic rings. The fraction of sp³-hybridized carbons (Fsp3) is 0.562.